The lowest BCUT2D eigenvalue weighted by Crippen LogP contribution is -2.16. The van der Waals surface area contributed by atoms with Crippen LogP contribution in [0.25, 0.3) is 11.0 Å². The Morgan fingerprint density at radius 2 is 1.70 bits per heavy atom. The molecule has 2 aromatic heterocycles. The molecule has 2 heterocycles. The van der Waals surface area contributed by atoms with Crippen LogP contribution in [0, 0.1) is 17.5 Å². The fourth-order valence-corrected chi connectivity index (χ4v) is 4.77. The van der Waals surface area contributed by atoms with E-state index in [0.29, 0.717) is 6.07 Å². The first-order valence-corrected chi connectivity index (χ1v) is 11.4. The van der Waals surface area contributed by atoms with Gasteiger partial charge in [0.1, 0.15) is 27.6 Å². The highest BCUT2D eigenvalue weighted by Crippen LogP contribution is 2.35. The molecule has 0 atom stereocenters. The molecule has 0 saturated carbocycles. The van der Waals surface area contributed by atoms with Crippen LogP contribution in [0.4, 0.5) is 30.4 Å². The monoisotopic (exact) mass is 533 g/mol. The Morgan fingerprint density at radius 1 is 0.939 bits per heavy atom. The Morgan fingerprint density at radius 3 is 2.45 bits per heavy atom. The number of benzene rings is 2. The van der Waals surface area contributed by atoms with E-state index in [1.54, 1.807) is 0 Å². The largest absolute Gasteiger partial charge is 0.333 e. The first-order valence-electron chi connectivity index (χ1n) is 8.77. The second-order valence-electron chi connectivity index (χ2n) is 6.42. The van der Waals surface area contributed by atoms with E-state index in [1.807, 2.05) is 4.72 Å². The second kappa shape index (κ2) is 8.82. The van der Waals surface area contributed by atoms with Gasteiger partial charge >= 0.3 is 0 Å². The number of halogens is 6. The molecule has 7 nitrogen and oxygen atoms in total. The summed E-state index contributed by atoms with van der Waals surface area (Å²) in [4.78, 5) is 11.3. The van der Waals surface area contributed by atoms with E-state index in [4.69, 9.17) is 34.8 Å². The molecule has 0 radical (unpaired) electrons. The fourth-order valence-electron chi connectivity index (χ4n) is 2.81. The van der Waals surface area contributed by atoms with Gasteiger partial charge < -0.3 is 5.32 Å². The number of aromatic nitrogens is 3. The van der Waals surface area contributed by atoms with E-state index in [9.17, 15) is 17.2 Å². The Labute approximate surface area is 199 Å². The molecule has 2 aromatic carbocycles. The number of anilines is 3. The highest BCUT2D eigenvalue weighted by atomic mass is 35.5. The third-order valence-corrected chi connectivity index (χ3v) is 6.85. The Bertz CT molecular complexity index is 1520. The molecule has 2 N–H and O–H groups in total. The van der Waals surface area contributed by atoms with Crippen LogP contribution in [0.3, 0.4) is 0 Å². The molecule has 0 unspecified atom stereocenters. The zero-order chi connectivity index (χ0) is 23.9. The van der Waals surface area contributed by atoms with Crippen molar-refractivity contribution >= 4 is 73.1 Å². The van der Waals surface area contributed by atoms with Gasteiger partial charge in [0.25, 0.3) is 10.0 Å². The molecule has 4 rings (SSSR count). The van der Waals surface area contributed by atoms with Gasteiger partial charge in [0.2, 0.25) is 0 Å². The standard InChI is InChI=1S/C19H9Cl3F3N5O2S/c20-8-2-1-3-12(14(8)22)33(31,32)30-11-6-9(23)15(24)18(16(11)25)29-19-17-10(26-7-27-19)4-5-13(21)28-17/h1-7,30H,(H,26,27,29). The fraction of sp³-hybridized carbons (Fsp3) is 0. The lowest BCUT2D eigenvalue weighted by Gasteiger charge is -2.15. The van der Waals surface area contributed by atoms with E-state index in [1.165, 1.54) is 24.3 Å². The summed E-state index contributed by atoms with van der Waals surface area (Å²) >= 11 is 17.6. The van der Waals surface area contributed by atoms with E-state index in [-0.39, 0.29) is 32.0 Å². The third kappa shape index (κ3) is 4.49. The maximum absolute atomic E-state index is 15.2. The van der Waals surface area contributed by atoms with Gasteiger partial charge in [0.15, 0.2) is 23.3 Å². The van der Waals surface area contributed by atoms with Crippen molar-refractivity contribution in [2.45, 2.75) is 4.90 Å². The molecule has 0 aliphatic carbocycles. The summed E-state index contributed by atoms with van der Waals surface area (Å²) in [5, 5.41) is 1.94. The van der Waals surface area contributed by atoms with E-state index in [0.717, 1.165) is 12.4 Å². The third-order valence-electron chi connectivity index (χ3n) is 4.30. The number of fused-ring (bicyclic) bond motifs is 1. The lowest BCUT2D eigenvalue weighted by atomic mass is 10.2. The summed E-state index contributed by atoms with van der Waals surface area (Å²) in [6, 6.07) is 7.03. The first-order chi connectivity index (χ1) is 15.6. The normalized spacial score (nSPS) is 11.6. The minimum absolute atomic E-state index is 0.0425. The van der Waals surface area contributed by atoms with Crippen molar-refractivity contribution in [3.05, 3.63) is 75.4 Å². The maximum atomic E-state index is 15.2. The number of sulfonamides is 1. The number of nitrogens with zero attached hydrogens (tertiary/aromatic N) is 3. The van der Waals surface area contributed by atoms with E-state index < -0.39 is 43.7 Å². The van der Waals surface area contributed by atoms with Crippen LogP contribution in [-0.4, -0.2) is 23.4 Å². The number of pyridine rings is 1. The molecule has 0 bridgehead atoms. The molecule has 0 amide bonds. The van der Waals surface area contributed by atoms with Crippen molar-refractivity contribution in [3.8, 4) is 0 Å². The minimum atomic E-state index is -4.53. The van der Waals surface area contributed by atoms with E-state index in [2.05, 4.69) is 20.3 Å². The molecule has 14 heteroatoms. The summed E-state index contributed by atoms with van der Waals surface area (Å²) in [5.41, 5.74) is -1.59. The van der Waals surface area contributed by atoms with Crippen LogP contribution in [-0.2, 0) is 10.0 Å². The summed E-state index contributed by atoms with van der Waals surface area (Å²) in [5.74, 6) is -4.81. The van der Waals surface area contributed by atoms with Gasteiger partial charge in [0.05, 0.1) is 21.2 Å². The van der Waals surface area contributed by atoms with Crippen molar-refractivity contribution in [1.29, 1.82) is 0 Å². The van der Waals surface area contributed by atoms with Crippen LogP contribution >= 0.6 is 34.8 Å². The van der Waals surface area contributed by atoms with Crippen LogP contribution in [0.15, 0.2) is 47.6 Å². The van der Waals surface area contributed by atoms with Gasteiger partial charge in [-0.1, -0.05) is 40.9 Å². The Kier molecular flexibility index (Phi) is 6.23. The van der Waals surface area contributed by atoms with Gasteiger partial charge in [-0.3, -0.25) is 4.72 Å². The second-order valence-corrected chi connectivity index (χ2v) is 9.24. The SMILES string of the molecule is O=S(=O)(Nc1cc(F)c(F)c(Nc2ncnc3ccc(Cl)nc23)c1F)c1cccc(Cl)c1Cl. The highest BCUT2D eigenvalue weighted by Gasteiger charge is 2.26. The average Bonchev–Trinajstić information content (AvgIpc) is 2.76. The zero-order valence-corrected chi connectivity index (χ0v) is 19.0. The predicted molar refractivity (Wildman–Crippen MR) is 119 cm³/mol. The van der Waals surface area contributed by atoms with Crippen molar-refractivity contribution in [2.75, 3.05) is 10.0 Å². The molecule has 0 fully saturated rings. The van der Waals surface area contributed by atoms with Gasteiger partial charge in [-0.15, -0.1) is 0 Å². The van der Waals surface area contributed by atoms with Crippen LogP contribution < -0.4 is 10.0 Å². The molecule has 33 heavy (non-hydrogen) atoms. The smallest absolute Gasteiger partial charge is 0.263 e. The maximum Gasteiger partial charge on any atom is 0.263 e. The average molecular weight is 535 g/mol. The minimum Gasteiger partial charge on any atom is -0.333 e. The Balaban J connectivity index is 1.79. The van der Waals surface area contributed by atoms with Crippen molar-refractivity contribution in [1.82, 2.24) is 15.0 Å². The molecule has 0 aliphatic rings. The zero-order valence-electron chi connectivity index (χ0n) is 15.9. The predicted octanol–water partition coefficient (Wildman–Crippen LogP) is 5.95. The molecular weight excluding hydrogens is 526 g/mol. The number of rotatable bonds is 5. The van der Waals surface area contributed by atoms with Gasteiger partial charge in [-0.2, -0.15) is 0 Å². The number of hydrogen-bond acceptors (Lipinski definition) is 6. The van der Waals surface area contributed by atoms with Crippen LogP contribution in [0.2, 0.25) is 15.2 Å². The quantitative estimate of drug-likeness (QED) is 0.243. The lowest BCUT2D eigenvalue weighted by molar-refractivity contribution is 0.501. The molecule has 0 aliphatic heterocycles. The van der Waals surface area contributed by atoms with Crippen molar-refractivity contribution in [3.63, 3.8) is 0 Å². The van der Waals surface area contributed by atoms with Crippen molar-refractivity contribution < 1.29 is 21.6 Å². The topological polar surface area (TPSA) is 96.9 Å². The first kappa shape index (κ1) is 23.3. The molecule has 4 aromatic rings. The van der Waals surface area contributed by atoms with Crippen LogP contribution in [0.1, 0.15) is 0 Å². The summed E-state index contributed by atoms with van der Waals surface area (Å²) in [6.45, 7) is 0. The summed E-state index contributed by atoms with van der Waals surface area (Å²) in [6.07, 6.45) is 1.08. The Hall–Kier alpha value is -2.86. The molecule has 0 saturated heterocycles. The van der Waals surface area contributed by atoms with Gasteiger partial charge in [-0.05, 0) is 24.3 Å². The summed E-state index contributed by atoms with van der Waals surface area (Å²) < 4.78 is 71.2. The van der Waals surface area contributed by atoms with Crippen molar-refractivity contribution in [2.24, 2.45) is 0 Å². The van der Waals surface area contributed by atoms with E-state index >= 15 is 4.39 Å². The van der Waals surface area contributed by atoms with Gasteiger partial charge in [0, 0.05) is 6.07 Å². The summed E-state index contributed by atoms with van der Waals surface area (Å²) in [7, 11) is -4.53. The molecular formula is C19H9Cl3F3N5O2S. The molecule has 0 spiro atoms. The van der Waals surface area contributed by atoms with Gasteiger partial charge in [-0.25, -0.2) is 36.5 Å². The highest BCUT2D eigenvalue weighted by molar-refractivity contribution is 7.92. The van der Waals surface area contributed by atoms with Crippen LogP contribution in [0.5, 0.6) is 0 Å². The number of hydrogen-bond donors (Lipinski definition) is 2. The molecule has 170 valence electrons. The number of nitrogens with one attached hydrogen (secondary N) is 2.